The van der Waals surface area contributed by atoms with E-state index in [2.05, 4.69) is 0 Å². The monoisotopic (exact) mass is 286 g/mol. The molecule has 2 unspecified atom stereocenters. The maximum atomic E-state index is 11.7. The van der Waals surface area contributed by atoms with Gasteiger partial charge >= 0.3 is 11.9 Å². The first kappa shape index (κ1) is 18.9. The first-order valence-corrected chi connectivity index (χ1v) is 7.58. The minimum absolute atomic E-state index is 0.300. The van der Waals surface area contributed by atoms with E-state index in [1.807, 2.05) is 34.6 Å². The third kappa shape index (κ3) is 4.50. The zero-order valence-corrected chi connectivity index (χ0v) is 13.5. The van der Waals surface area contributed by atoms with Crippen molar-refractivity contribution in [3.63, 3.8) is 0 Å². The molecular weight excluding hydrogens is 256 g/mol. The first-order chi connectivity index (χ1) is 9.12. The van der Waals surface area contributed by atoms with Crippen LogP contribution in [0.4, 0.5) is 0 Å². The minimum atomic E-state index is -0.747. The van der Waals surface area contributed by atoms with Gasteiger partial charge in [-0.1, -0.05) is 47.5 Å². The van der Waals surface area contributed by atoms with Crippen LogP contribution in [0.2, 0.25) is 0 Å². The summed E-state index contributed by atoms with van der Waals surface area (Å²) in [6.45, 7) is 9.71. The van der Waals surface area contributed by atoms with Crippen molar-refractivity contribution in [3.05, 3.63) is 0 Å². The van der Waals surface area contributed by atoms with Gasteiger partial charge in [-0.3, -0.25) is 9.59 Å². The SMILES string of the molecule is CCC(CCCCC(CC)(C(=O)O)C(C)(C)C)C(=O)O. The highest BCUT2D eigenvalue weighted by atomic mass is 16.4. The van der Waals surface area contributed by atoms with Crippen LogP contribution >= 0.6 is 0 Å². The second-order valence-corrected chi connectivity index (χ2v) is 6.68. The van der Waals surface area contributed by atoms with Crippen molar-refractivity contribution >= 4 is 11.9 Å². The van der Waals surface area contributed by atoms with E-state index in [0.29, 0.717) is 25.7 Å². The topological polar surface area (TPSA) is 74.6 Å². The Morgan fingerprint density at radius 1 is 1.05 bits per heavy atom. The van der Waals surface area contributed by atoms with Crippen molar-refractivity contribution in [2.24, 2.45) is 16.7 Å². The highest BCUT2D eigenvalue weighted by molar-refractivity contribution is 5.75. The van der Waals surface area contributed by atoms with Crippen LogP contribution in [0.15, 0.2) is 0 Å². The number of rotatable bonds is 9. The summed E-state index contributed by atoms with van der Waals surface area (Å²) >= 11 is 0. The Morgan fingerprint density at radius 2 is 1.60 bits per heavy atom. The molecule has 0 aliphatic carbocycles. The molecule has 4 nitrogen and oxygen atoms in total. The molecule has 2 N–H and O–H groups in total. The standard InChI is InChI=1S/C16H30O4/c1-6-12(13(17)18)10-8-9-11-16(7-2,14(19)20)15(3,4)5/h12H,6-11H2,1-5H3,(H,17,18)(H,19,20). The summed E-state index contributed by atoms with van der Waals surface area (Å²) in [7, 11) is 0. The Kier molecular flexibility index (Phi) is 7.25. The molecule has 0 aliphatic rings. The summed E-state index contributed by atoms with van der Waals surface area (Å²) in [5.74, 6) is -1.79. The molecule has 0 spiro atoms. The lowest BCUT2D eigenvalue weighted by molar-refractivity contribution is -0.158. The number of unbranched alkanes of at least 4 members (excludes halogenated alkanes) is 1. The number of carbonyl (C=O) groups is 2. The predicted octanol–water partition coefficient (Wildman–Crippen LogP) is 4.18. The van der Waals surface area contributed by atoms with E-state index in [0.717, 1.165) is 12.8 Å². The van der Waals surface area contributed by atoms with Gasteiger partial charge in [-0.25, -0.2) is 0 Å². The second kappa shape index (κ2) is 7.65. The summed E-state index contributed by atoms with van der Waals surface area (Å²) in [5.41, 5.74) is -1.03. The van der Waals surface area contributed by atoms with Gasteiger partial charge in [0.15, 0.2) is 0 Å². The number of carboxylic acids is 2. The number of aliphatic carboxylic acids is 2. The van der Waals surface area contributed by atoms with Crippen molar-refractivity contribution in [1.29, 1.82) is 0 Å². The zero-order valence-electron chi connectivity index (χ0n) is 13.5. The molecule has 0 aromatic carbocycles. The van der Waals surface area contributed by atoms with Crippen LogP contribution in [0.25, 0.3) is 0 Å². The quantitative estimate of drug-likeness (QED) is 0.623. The van der Waals surface area contributed by atoms with Gasteiger partial charge in [0, 0.05) is 0 Å². The Labute approximate surface area is 122 Å². The smallest absolute Gasteiger partial charge is 0.310 e. The predicted molar refractivity (Wildman–Crippen MR) is 79.7 cm³/mol. The lowest BCUT2D eigenvalue weighted by Crippen LogP contribution is -2.42. The largest absolute Gasteiger partial charge is 0.481 e. The van der Waals surface area contributed by atoms with Crippen LogP contribution in [0.3, 0.4) is 0 Å². The third-order valence-electron chi connectivity index (χ3n) is 4.70. The van der Waals surface area contributed by atoms with Crippen molar-refractivity contribution in [2.75, 3.05) is 0 Å². The molecule has 0 heterocycles. The molecule has 20 heavy (non-hydrogen) atoms. The summed E-state index contributed by atoms with van der Waals surface area (Å²) in [6.07, 6.45) is 4.01. The maximum absolute atomic E-state index is 11.7. The molecule has 4 heteroatoms. The van der Waals surface area contributed by atoms with Gasteiger partial charge < -0.3 is 10.2 Å². The first-order valence-electron chi connectivity index (χ1n) is 7.58. The Morgan fingerprint density at radius 3 is 1.90 bits per heavy atom. The second-order valence-electron chi connectivity index (χ2n) is 6.68. The third-order valence-corrected chi connectivity index (χ3v) is 4.70. The van der Waals surface area contributed by atoms with Gasteiger partial charge in [-0.15, -0.1) is 0 Å². The molecule has 0 fully saturated rings. The summed E-state index contributed by atoms with van der Waals surface area (Å²) < 4.78 is 0. The van der Waals surface area contributed by atoms with Crippen molar-refractivity contribution < 1.29 is 19.8 Å². The summed E-state index contributed by atoms with van der Waals surface area (Å²) in [4.78, 5) is 22.6. The molecule has 0 rings (SSSR count). The average molecular weight is 286 g/mol. The maximum Gasteiger partial charge on any atom is 0.310 e. The van der Waals surface area contributed by atoms with E-state index in [-0.39, 0.29) is 11.3 Å². The van der Waals surface area contributed by atoms with E-state index in [1.165, 1.54) is 0 Å². The fourth-order valence-electron chi connectivity index (χ4n) is 2.98. The van der Waals surface area contributed by atoms with Crippen LogP contribution in [0.1, 0.15) is 73.1 Å². The van der Waals surface area contributed by atoms with Gasteiger partial charge in [0.1, 0.15) is 0 Å². The van der Waals surface area contributed by atoms with Gasteiger partial charge in [0.25, 0.3) is 0 Å². The normalized spacial score (nSPS) is 16.4. The summed E-state index contributed by atoms with van der Waals surface area (Å²) in [5, 5.41) is 18.6. The average Bonchev–Trinajstić information content (AvgIpc) is 2.31. The van der Waals surface area contributed by atoms with E-state index in [1.54, 1.807) is 0 Å². The molecular formula is C16H30O4. The van der Waals surface area contributed by atoms with E-state index < -0.39 is 17.4 Å². The molecule has 118 valence electrons. The Hall–Kier alpha value is -1.06. The molecule has 2 atom stereocenters. The van der Waals surface area contributed by atoms with Gasteiger partial charge in [-0.05, 0) is 31.1 Å². The molecule has 0 saturated heterocycles. The van der Waals surface area contributed by atoms with Crippen LogP contribution in [-0.2, 0) is 9.59 Å². The van der Waals surface area contributed by atoms with Crippen LogP contribution in [0.5, 0.6) is 0 Å². The molecule has 0 aromatic rings. The van der Waals surface area contributed by atoms with Gasteiger partial charge in [0.2, 0.25) is 0 Å². The molecule has 0 radical (unpaired) electrons. The molecule has 0 aliphatic heterocycles. The lowest BCUT2D eigenvalue weighted by Gasteiger charge is -2.41. The van der Waals surface area contributed by atoms with E-state index in [9.17, 15) is 14.7 Å². The van der Waals surface area contributed by atoms with E-state index in [4.69, 9.17) is 5.11 Å². The van der Waals surface area contributed by atoms with Crippen molar-refractivity contribution in [2.45, 2.75) is 73.1 Å². The molecule has 0 aromatic heterocycles. The van der Waals surface area contributed by atoms with Crippen LogP contribution in [-0.4, -0.2) is 22.2 Å². The highest BCUT2D eigenvalue weighted by Gasteiger charge is 2.46. The highest BCUT2D eigenvalue weighted by Crippen LogP contribution is 2.46. The fourth-order valence-corrected chi connectivity index (χ4v) is 2.98. The molecule has 0 amide bonds. The number of hydrogen-bond acceptors (Lipinski definition) is 2. The molecule has 0 bridgehead atoms. The van der Waals surface area contributed by atoms with Gasteiger partial charge in [-0.2, -0.15) is 0 Å². The number of hydrogen-bond donors (Lipinski definition) is 2. The van der Waals surface area contributed by atoms with E-state index >= 15 is 0 Å². The number of carboxylic acid groups (broad SMARTS) is 2. The fraction of sp³-hybridized carbons (Fsp3) is 0.875. The minimum Gasteiger partial charge on any atom is -0.481 e. The lowest BCUT2D eigenvalue weighted by atomic mass is 9.62. The Balaban J connectivity index is 4.59. The Bertz CT molecular complexity index is 330. The van der Waals surface area contributed by atoms with Crippen LogP contribution < -0.4 is 0 Å². The van der Waals surface area contributed by atoms with Crippen molar-refractivity contribution in [3.8, 4) is 0 Å². The van der Waals surface area contributed by atoms with Gasteiger partial charge in [0.05, 0.1) is 11.3 Å². The molecule has 0 saturated carbocycles. The zero-order chi connectivity index (χ0) is 16.0. The summed E-state index contributed by atoms with van der Waals surface area (Å²) in [6, 6.07) is 0. The van der Waals surface area contributed by atoms with Crippen molar-refractivity contribution in [1.82, 2.24) is 0 Å². The van der Waals surface area contributed by atoms with Crippen LogP contribution in [0, 0.1) is 16.7 Å².